The molecule has 0 radical (unpaired) electrons. The Bertz CT molecular complexity index is 807. The van der Waals surface area contributed by atoms with Gasteiger partial charge in [-0.1, -0.05) is 41.4 Å². The van der Waals surface area contributed by atoms with Gasteiger partial charge in [0.1, 0.15) is 0 Å². The molecule has 0 aromatic heterocycles. The minimum atomic E-state index is 0.0214. The average Bonchev–Trinajstić information content (AvgIpc) is 2.71. The second-order valence-corrected chi connectivity index (χ2v) is 8.71. The van der Waals surface area contributed by atoms with E-state index in [2.05, 4.69) is 37.0 Å². The van der Waals surface area contributed by atoms with E-state index in [1.165, 1.54) is 0 Å². The Labute approximate surface area is 170 Å². The van der Waals surface area contributed by atoms with Crippen molar-refractivity contribution in [2.45, 2.75) is 6.04 Å². The standard InChI is InChI=1S/C20H23Cl2N3S/c1-24(2)10-11-26-19-13-25(3)20(15-6-4-5-7-17(15)22)16-12-14(21)8-9-18(16)23-19/h4-9,12,20H,10-11,13H2,1-3H3/t20-/m0/s1. The van der Waals surface area contributed by atoms with Crippen LogP contribution in [0.2, 0.25) is 10.0 Å². The van der Waals surface area contributed by atoms with Gasteiger partial charge in [0.25, 0.3) is 0 Å². The molecule has 0 saturated heterocycles. The van der Waals surface area contributed by atoms with Gasteiger partial charge in [-0.3, -0.25) is 4.90 Å². The number of thioether (sulfide) groups is 1. The lowest BCUT2D eigenvalue weighted by Gasteiger charge is -2.28. The first-order chi connectivity index (χ1) is 12.5. The first-order valence-corrected chi connectivity index (χ1v) is 10.3. The van der Waals surface area contributed by atoms with E-state index in [0.29, 0.717) is 5.02 Å². The maximum atomic E-state index is 6.53. The van der Waals surface area contributed by atoms with Crippen LogP contribution in [-0.2, 0) is 0 Å². The third-order valence-electron chi connectivity index (χ3n) is 4.36. The fraction of sp³-hybridized carbons (Fsp3) is 0.350. The van der Waals surface area contributed by atoms with Crippen LogP contribution in [0.3, 0.4) is 0 Å². The van der Waals surface area contributed by atoms with Crippen LogP contribution in [0, 0.1) is 0 Å². The number of hydrogen-bond acceptors (Lipinski definition) is 4. The molecule has 1 heterocycles. The first kappa shape index (κ1) is 19.7. The summed E-state index contributed by atoms with van der Waals surface area (Å²) in [5, 5.41) is 2.60. The van der Waals surface area contributed by atoms with Crippen LogP contribution in [0.5, 0.6) is 0 Å². The third-order valence-corrected chi connectivity index (χ3v) is 5.88. The highest BCUT2D eigenvalue weighted by atomic mass is 35.5. The summed E-state index contributed by atoms with van der Waals surface area (Å²) in [4.78, 5) is 9.44. The van der Waals surface area contributed by atoms with Crippen LogP contribution in [0.15, 0.2) is 47.5 Å². The summed E-state index contributed by atoms with van der Waals surface area (Å²) in [5.41, 5.74) is 3.14. The summed E-state index contributed by atoms with van der Waals surface area (Å²) in [6, 6.07) is 13.9. The summed E-state index contributed by atoms with van der Waals surface area (Å²) in [7, 11) is 6.30. The molecule has 138 valence electrons. The molecule has 3 rings (SSSR count). The molecule has 2 aromatic rings. The predicted molar refractivity (Wildman–Crippen MR) is 115 cm³/mol. The first-order valence-electron chi connectivity index (χ1n) is 8.55. The monoisotopic (exact) mass is 407 g/mol. The van der Waals surface area contributed by atoms with Crippen molar-refractivity contribution < 1.29 is 0 Å². The largest absolute Gasteiger partial charge is 0.309 e. The van der Waals surface area contributed by atoms with Crippen molar-refractivity contribution >= 4 is 45.7 Å². The molecule has 0 bridgehead atoms. The van der Waals surface area contributed by atoms with E-state index in [9.17, 15) is 0 Å². The van der Waals surface area contributed by atoms with Crippen LogP contribution in [0.4, 0.5) is 5.69 Å². The van der Waals surface area contributed by atoms with E-state index in [1.54, 1.807) is 0 Å². The van der Waals surface area contributed by atoms with Gasteiger partial charge in [-0.15, -0.1) is 11.8 Å². The fourth-order valence-electron chi connectivity index (χ4n) is 3.08. The maximum absolute atomic E-state index is 6.53. The maximum Gasteiger partial charge on any atom is 0.0880 e. The average molecular weight is 408 g/mol. The van der Waals surface area contributed by atoms with Crippen LogP contribution >= 0.6 is 35.0 Å². The fourth-order valence-corrected chi connectivity index (χ4v) is 4.65. The highest BCUT2D eigenvalue weighted by Gasteiger charge is 2.28. The predicted octanol–water partition coefficient (Wildman–Crippen LogP) is 5.35. The lowest BCUT2D eigenvalue weighted by Crippen LogP contribution is -2.29. The summed E-state index contributed by atoms with van der Waals surface area (Å²) in [6.45, 7) is 1.80. The van der Waals surface area contributed by atoms with E-state index in [1.807, 2.05) is 48.2 Å². The van der Waals surface area contributed by atoms with E-state index in [0.717, 1.165) is 45.7 Å². The highest BCUT2D eigenvalue weighted by Crippen LogP contribution is 2.40. The SMILES string of the molecule is CN(C)CCSC1=Nc2ccc(Cl)cc2[C@H](c2ccccc2Cl)N(C)C1. The van der Waals surface area contributed by atoms with Crippen molar-refractivity contribution in [3.8, 4) is 0 Å². The van der Waals surface area contributed by atoms with Gasteiger partial charge in [-0.2, -0.15) is 0 Å². The zero-order valence-electron chi connectivity index (χ0n) is 15.2. The molecular formula is C20H23Cl2N3S. The number of benzene rings is 2. The third kappa shape index (κ3) is 4.62. The molecule has 1 atom stereocenters. The Hall–Kier alpha value is -1.04. The zero-order chi connectivity index (χ0) is 18.7. The van der Waals surface area contributed by atoms with Gasteiger partial charge in [0, 0.05) is 34.5 Å². The normalized spacial score (nSPS) is 17.8. The Morgan fingerprint density at radius 1 is 1.15 bits per heavy atom. The summed E-state index contributed by atoms with van der Waals surface area (Å²) in [6.07, 6.45) is 0. The molecule has 0 spiro atoms. The molecule has 1 aliphatic heterocycles. The highest BCUT2D eigenvalue weighted by molar-refractivity contribution is 8.14. The zero-order valence-corrected chi connectivity index (χ0v) is 17.6. The molecule has 2 aromatic carbocycles. The lowest BCUT2D eigenvalue weighted by molar-refractivity contribution is 0.322. The number of fused-ring (bicyclic) bond motifs is 1. The van der Waals surface area contributed by atoms with Gasteiger partial charge < -0.3 is 4.90 Å². The molecule has 1 aliphatic rings. The van der Waals surface area contributed by atoms with E-state index >= 15 is 0 Å². The van der Waals surface area contributed by atoms with Crippen molar-refractivity contribution in [1.82, 2.24) is 9.80 Å². The Morgan fingerprint density at radius 3 is 2.65 bits per heavy atom. The second kappa shape index (κ2) is 8.77. The quantitative estimate of drug-likeness (QED) is 0.680. The minimum absolute atomic E-state index is 0.0214. The van der Waals surface area contributed by atoms with E-state index in [-0.39, 0.29) is 6.04 Å². The molecule has 26 heavy (non-hydrogen) atoms. The Balaban J connectivity index is 1.99. The smallest absolute Gasteiger partial charge is 0.0880 e. The number of nitrogens with zero attached hydrogens (tertiary/aromatic N) is 3. The number of hydrogen-bond donors (Lipinski definition) is 0. The Morgan fingerprint density at radius 2 is 1.92 bits per heavy atom. The molecule has 0 unspecified atom stereocenters. The van der Waals surface area contributed by atoms with Gasteiger partial charge in [0.2, 0.25) is 0 Å². The van der Waals surface area contributed by atoms with Crippen LogP contribution in [-0.4, -0.2) is 54.8 Å². The second-order valence-electron chi connectivity index (χ2n) is 6.70. The lowest BCUT2D eigenvalue weighted by atomic mass is 9.96. The van der Waals surface area contributed by atoms with Gasteiger partial charge in [-0.05, 0) is 51.0 Å². The van der Waals surface area contributed by atoms with E-state index < -0.39 is 0 Å². The van der Waals surface area contributed by atoms with Crippen LogP contribution in [0.1, 0.15) is 17.2 Å². The van der Waals surface area contributed by atoms with Crippen molar-refractivity contribution in [3.63, 3.8) is 0 Å². The van der Waals surface area contributed by atoms with Crippen molar-refractivity contribution in [1.29, 1.82) is 0 Å². The number of rotatable bonds is 4. The van der Waals surface area contributed by atoms with Crippen molar-refractivity contribution in [3.05, 3.63) is 63.6 Å². The minimum Gasteiger partial charge on any atom is -0.309 e. The number of halogens is 2. The summed E-state index contributed by atoms with van der Waals surface area (Å²) >= 11 is 14.7. The molecule has 0 amide bonds. The topological polar surface area (TPSA) is 18.8 Å². The van der Waals surface area contributed by atoms with E-state index in [4.69, 9.17) is 28.2 Å². The van der Waals surface area contributed by atoms with Gasteiger partial charge >= 0.3 is 0 Å². The molecule has 0 fully saturated rings. The molecule has 6 heteroatoms. The Kier molecular flexibility index (Phi) is 6.65. The summed E-state index contributed by atoms with van der Waals surface area (Å²) < 4.78 is 0. The number of aliphatic imine (C=N–C) groups is 1. The van der Waals surface area contributed by atoms with Gasteiger partial charge in [-0.25, -0.2) is 4.99 Å². The molecular weight excluding hydrogens is 385 g/mol. The summed E-state index contributed by atoms with van der Waals surface area (Å²) in [5.74, 6) is 1.01. The molecule has 0 aliphatic carbocycles. The molecule has 3 nitrogen and oxygen atoms in total. The van der Waals surface area contributed by atoms with Gasteiger partial charge in [0.15, 0.2) is 0 Å². The van der Waals surface area contributed by atoms with Crippen molar-refractivity contribution in [2.75, 3.05) is 40.0 Å². The van der Waals surface area contributed by atoms with Crippen molar-refractivity contribution in [2.24, 2.45) is 4.99 Å². The molecule has 0 saturated carbocycles. The van der Waals surface area contributed by atoms with Crippen LogP contribution < -0.4 is 0 Å². The van der Waals surface area contributed by atoms with Crippen LogP contribution in [0.25, 0.3) is 0 Å². The van der Waals surface area contributed by atoms with Gasteiger partial charge in [0.05, 0.1) is 16.8 Å². The molecule has 0 N–H and O–H groups in total.